The van der Waals surface area contributed by atoms with Crippen LogP contribution in [0.15, 0.2) is 111 Å². The number of H-pyrrole nitrogens is 2. The lowest BCUT2D eigenvalue weighted by atomic mass is 9.81. The van der Waals surface area contributed by atoms with Crippen molar-refractivity contribution in [3.8, 4) is 0 Å². The average Bonchev–Trinajstić information content (AvgIpc) is 3.57. The normalized spacial score (nSPS) is 16.4. The van der Waals surface area contributed by atoms with E-state index in [9.17, 15) is 27.4 Å². The summed E-state index contributed by atoms with van der Waals surface area (Å²) in [4.78, 5) is 41.3. The minimum Gasteiger partial charge on any atom is -0.372 e. The molecule has 0 atom stereocenters. The van der Waals surface area contributed by atoms with Crippen LogP contribution in [0.25, 0.3) is 10.8 Å². The summed E-state index contributed by atoms with van der Waals surface area (Å²) in [5, 5.41) is 8.57. The first kappa shape index (κ1) is 44.0. The number of hydrogen-bond donors (Lipinski definition) is 4. The van der Waals surface area contributed by atoms with Crippen LogP contribution in [-0.4, -0.2) is 72.1 Å². The van der Waals surface area contributed by atoms with E-state index >= 15 is 0 Å². The number of allylic oxidation sites excluding steroid dienone is 6. The number of rotatable bonds is 18. The highest BCUT2D eigenvalue weighted by Gasteiger charge is 2.44. The molecule has 60 heavy (non-hydrogen) atoms. The van der Waals surface area contributed by atoms with Crippen molar-refractivity contribution in [1.29, 1.82) is 0 Å². The van der Waals surface area contributed by atoms with Crippen molar-refractivity contribution in [2.75, 3.05) is 42.5 Å². The second-order valence-corrected chi connectivity index (χ2v) is 18.0. The lowest BCUT2D eigenvalue weighted by Crippen LogP contribution is -2.28. The number of anilines is 2. The molecular formula is C47H59N6O6S+. The van der Waals surface area contributed by atoms with E-state index in [0.717, 1.165) is 74.4 Å². The zero-order valence-electron chi connectivity index (χ0n) is 35.7. The van der Waals surface area contributed by atoms with Gasteiger partial charge in [-0.15, -0.1) is 0 Å². The number of para-hydroxylation sites is 1. The summed E-state index contributed by atoms with van der Waals surface area (Å²) in [6, 6.07) is 18.7. The quantitative estimate of drug-likeness (QED) is 0.0345. The van der Waals surface area contributed by atoms with Crippen LogP contribution in [0.3, 0.4) is 0 Å². The van der Waals surface area contributed by atoms with Gasteiger partial charge in [0.15, 0.2) is 5.71 Å². The molecule has 1 amide bonds. The summed E-state index contributed by atoms with van der Waals surface area (Å²) in [6.07, 6.45) is 15.3. The molecule has 13 heteroatoms. The molecule has 0 saturated heterocycles. The molecule has 3 heterocycles. The number of aromatic nitrogens is 2. The maximum atomic E-state index is 12.7. The van der Waals surface area contributed by atoms with Gasteiger partial charge in [-0.25, -0.2) is 0 Å². The number of carbonyl (C=O) groups excluding carboxylic acids is 1. The molecule has 0 saturated carbocycles. The number of likely N-dealkylation sites (N-methyl/N-ethyl adjacent to an activating group) is 1. The van der Waals surface area contributed by atoms with Gasteiger partial charge in [-0.1, -0.05) is 50.3 Å². The third-order valence-corrected chi connectivity index (χ3v) is 12.8. The van der Waals surface area contributed by atoms with Crippen LogP contribution in [-0.2, 0) is 25.7 Å². The summed E-state index contributed by atoms with van der Waals surface area (Å²) >= 11 is 0. The smallest absolute Gasteiger partial charge is 0.294 e. The predicted octanol–water partition coefficient (Wildman–Crippen LogP) is 7.64. The van der Waals surface area contributed by atoms with Crippen molar-refractivity contribution in [1.82, 2.24) is 15.5 Å². The molecule has 0 fully saturated rings. The van der Waals surface area contributed by atoms with E-state index in [4.69, 9.17) is 0 Å². The minimum absolute atomic E-state index is 0.0701. The molecule has 2 aliphatic rings. The van der Waals surface area contributed by atoms with Crippen molar-refractivity contribution in [3.63, 3.8) is 0 Å². The van der Waals surface area contributed by atoms with E-state index in [1.54, 1.807) is 24.3 Å². The van der Waals surface area contributed by atoms with Crippen LogP contribution in [0.4, 0.5) is 17.1 Å². The molecule has 2 aliphatic heterocycles. The summed E-state index contributed by atoms with van der Waals surface area (Å²) < 4.78 is 35.9. The van der Waals surface area contributed by atoms with Gasteiger partial charge in [0.1, 0.15) is 6.54 Å². The number of benzene rings is 3. The van der Waals surface area contributed by atoms with Crippen LogP contribution in [0.1, 0.15) is 91.2 Å². The number of unbranched alkanes of at least 4 members (excludes halogenated alkanes) is 3. The number of carbonyl (C=O) groups is 1. The van der Waals surface area contributed by atoms with Gasteiger partial charge in [0.25, 0.3) is 21.2 Å². The van der Waals surface area contributed by atoms with Crippen molar-refractivity contribution in [3.05, 3.63) is 129 Å². The molecule has 4 aromatic rings. The Hall–Kier alpha value is -5.53. The first-order chi connectivity index (χ1) is 28.6. The van der Waals surface area contributed by atoms with Gasteiger partial charge >= 0.3 is 0 Å². The number of fused-ring (bicyclic) bond motifs is 3. The first-order valence-electron chi connectivity index (χ1n) is 21.1. The zero-order chi connectivity index (χ0) is 43.2. The second kappa shape index (κ2) is 18.4. The Bertz CT molecular complexity index is 2600. The largest absolute Gasteiger partial charge is 0.372 e. The second-order valence-electron chi connectivity index (χ2n) is 16.6. The zero-order valence-corrected chi connectivity index (χ0v) is 36.5. The summed E-state index contributed by atoms with van der Waals surface area (Å²) in [5.41, 5.74) is 6.15. The highest BCUT2D eigenvalue weighted by atomic mass is 32.2. The molecule has 0 unspecified atom stereocenters. The Kier molecular flexibility index (Phi) is 13.5. The average molecular weight is 836 g/mol. The van der Waals surface area contributed by atoms with Crippen LogP contribution >= 0.6 is 0 Å². The molecule has 0 spiro atoms. The standard InChI is InChI=1S/C47H58N6O6S/c1-7-51(33-24-26-35-36(31-33)45(56)50-49-44(35)55)29-18-16-28-48-43(54)23-13-10-17-30-53-39-20-15-14-19-37(39)46(3,4)42(53)22-12-9-11-21-41-47(5,6)38-32-34(60(57,58)59)25-27-40(38)52(41)8-2/h9,11-12,14-15,19-22,24-27,31-32H,7-8,10,13,16-18,23,28-30H2,1-6H3,(H3-,48,49,50,54,55,56,57,58,59)/p+1. The molecule has 1 aromatic heterocycles. The Morgan fingerprint density at radius 3 is 2.33 bits per heavy atom. The Morgan fingerprint density at radius 2 is 1.60 bits per heavy atom. The lowest BCUT2D eigenvalue weighted by Gasteiger charge is -2.25. The number of hydrogen-bond acceptors (Lipinski definition) is 7. The van der Waals surface area contributed by atoms with Gasteiger partial charge in [-0.2, -0.15) is 13.0 Å². The third-order valence-electron chi connectivity index (χ3n) is 12.0. The van der Waals surface area contributed by atoms with E-state index in [0.29, 0.717) is 30.3 Å². The van der Waals surface area contributed by atoms with Crippen LogP contribution < -0.4 is 26.2 Å². The summed E-state index contributed by atoms with van der Waals surface area (Å²) in [7, 11) is -4.31. The molecule has 0 bridgehead atoms. The molecule has 3 aromatic carbocycles. The molecule has 318 valence electrons. The highest BCUT2D eigenvalue weighted by molar-refractivity contribution is 7.85. The molecule has 0 radical (unpaired) electrons. The van der Waals surface area contributed by atoms with Crippen LogP contribution in [0, 0.1) is 0 Å². The Labute approximate surface area is 353 Å². The number of amides is 1. The number of nitrogens with one attached hydrogen (secondary N) is 3. The first-order valence-corrected chi connectivity index (χ1v) is 22.5. The van der Waals surface area contributed by atoms with Crippen LogP contribution in [0.5, 0.6) is 0 Å². The van der Waals surface area contributed by atoms with Crippen molar-refractivity contribution in [2.45, 2.75) is 95.8 Å². The topological polar surface area (TPSA) is 159 Å². The molecule has 12 nitrogen and oxygen atoms in total. The Morgan fingerprint density at radius 1 is 0.850 bits per heavy atom. The van der Waals surface area contributed by atoms with Gasteiger partial charge in [0.05, 0.1) is 21.1 Å². The van der Waals surface area contributed by atoms with Crippen molar-refractivity contribution in [2.24, 2.45) is 0 Å². The minimum atomic E-state index is -4.31. The molecule has 0 aliphatic carbocycles. The van der Waals surface area contributed by atoms with E-state index < -0.39 is 15.5 Å². The van der Waals surface area contributed by atoms with Gasteiger partial charge in [-0.3, -0.25) is 29.1 Å². The van der Waals surface area contributed by atoms with Gasteiger partial charge < -0.3 is 15.1 Å². The number of nitrogens with zero attached hydrogens (tertiary/aromatic N) is 3. The Balaban J connectivity index is 1.00. The van der Waals surface area contributed by atoms with E-state index in [2.05, 4.69) is 114 Å². The summed E-state index contributed by atoms with van der Waals surface area (Å²) in [5.74, 6) is 0.0701. The van der Waals surface area contributed by atoms with Gasteiger partial charge in [0.2, 0.25) is 11.6 Å². The maximum absolute atomic E-state index is 12.7. The van der Waals surface area contributed by atoms with Gasteiger partial charge in [-0.05, 0) is 101 Å². The van der Waals surface area contributed by atoms with Crippen molar-refractivity contribution < 1.29 is 22.3 Å². The summed E-state index contributed by atoms with van der Waals surface area (Å²) in [6.45, 7) is 16.5. The fourth-order valence-electron chi connectivity index (χ4n) is 8.70. The maximum Gasteiger partial charge on any atom is 0.294 e. The lowest BCUT2D eigenvalue weighted by molar-refractivity contribution is -0.438. The third kappa shape index (κ3) is 9.27. The van der Waals surface area contributed by atoms with Gasteiger partial charge in [0, 0.05) is 79.2 Å². The molecule has 4 N–H and O–H groups in total. The number of aromatic amines is 2. The highest BCUT2D eigenvalue weighted by Crippen LogP contribution is 2.48. The van der Waals surface area contributed by atoms with E-state index in [1.165, 1.54) is 23.0 Å². The van der Waals surface area contributed by atoms with E-state index in [1.807, 2.05) is 18.2 Å². The SMILES string of the molecule is CCN(CCCCNC(=O)CCCCC[N+]1=C(/C=C/C=C/C=C2\N(CC)c3ccc(S(=O)(=O)O)cc3C2(C)C)C(C)(C)c2ccccc21)c1ccc2c(=O)[nH][nH]c(=O)c2c1. The molecular weight excluding hydrogens is 777 g/mol. The molecule has 6 rings (SSSR count). The predicted molar refractivity (Wildman–Crippen MR) is 242 cm³/mol. The monoisotopic (exact) mass is 835 g/mol. The fourth-order valence-corrected chi connectivity index (χ4v) is 9.21. The van der Waals surface area contributed by atoms with Crippen molar-refractivity contribution >= 4 is 49.6 Å². The fraction of sp³-hybridized carbons (Fsp3) is 0.404. The van der Waals surface area contributed by atoms with Crippen LogP contribution in [0.2, 0.25) is 0 Å². The van der Waals surface area contributed by atoms with E-state index in [-0.39, 0.29) is 27.3 Å².